The number of nitrogens with one attached hydrogen (secondary N) is 1. The first-order chi connectivity index (χ1) is 9.50. The Morgan fingerprint density at radius 3 is 2.15 bits per heavy atom. The standard InChI is InChI=1S/C16H20N2O2/c1-11(16-14(19)9-6-10-15(16)20)17-12-7-4-5-8-13(12)18(2)3/h4-11,17,19-20H,1-3H3. The van der Waals surface area contributed by atoms with E-state index in [1.165, 1.54) is 0 Å². The van der Waals surface area contributed by atoms with Gasteiger partial charge in [-0.1, -0.05) is 18.2 Å². The molecular weight excluding hydrogens is 252 g/mol. The monoisotopic (exact) mass is 272 g/mol. The lowest BCUT2D eigenvalue weighted by Crippen LogP contribution is -2.14. The van der Waals surface area contributed by atoms with E-state index in [2.05, 4.69) is 5.32 Å². The van der Waals surface area contributed by atoms with Crippen LogP contribution in [0.2, 0.25) is 0 Å². The minimum absolute atomic E-state index is 0.0901. The van der Waals surface area contributed by atoms with E-state index in [4.69, 9.17) is 0 Å². The summed E-state index contributed by atoms with van der Waals surface area (Å²) < 4.78 is 0. The number of anilines is 2. The van der Waals surface area contributed by atoms with Gasteiger partial charge in [-0.2, -0.15) is 0 Å². The molecule has 0 aliphatic carbocycles. The van der Waals surface area contributed by atoms with Crippen molar-refractivity contribution in [3.05, 3.63) is 48.0 Å². The number of aromatic hydroxyl groups is 2. The molecule has 0 saturated heterocycles. The first-order valence-electron chi connectivity index (χ1n) is 6.54. The summed E-state index contributed by atoms with van der Waals surface area (Å²) in [6.45, 7) is 1.90. The summed E-state index contributed by atoms with van der Waals surface area (Å²) in [7, 11) is 3.95. The maximum Gasteiger partial charge on any atom is 0.124 e. The fourth-order valence-corrected chi connectivity index (χ4v) is 2.28. The molecule has 0 spiro atoms. The molecule has 0 bridgehead atoms. The zero-order chi connectivity index (χ0) is 14.7. The zero-order valence-electron chi connectivity index (χ0n) is 12.0. The maximum absolute atomic E-state index is 9.91. The highest BCUT2D eigenvalue weighted by Gasteiger charge is 2.16. The molecule has 4 nitrogen and oxygen atoms in total. The Bertz CT molecular complexity index is 577. The Kier molecular flexibility index (Phi) is 4.03. The molecule has 0 radical (unpaired) electrons. The molecule has 4 heteroatoms. The number of nitrogens with zero attached hydrogens (tertiary/aromatic N) is 1. The van der Waals surface area contributed by atoms with E-state index in [1.807, 2.05) is 50.2 Å². The van der Waals surface area contributed by atoms with Crippen LogP contribution < -0.4 is 10.2 Å². The van der Waals surface area contributed by atoms with Crippen molar-refractivity contribution in [1.82, 2.24) is 0 Å². The third-order valence-electron chi connectivity index (χ3n) is 3.25. The number of benzene rings is 2. The highest BCUT2D eigenvalue weighted by atomic mass is 16.3. The molecule has 0 heterocycles. The minimum atomic E-state index is -0.211. The summed E-state index contributed by atoms with van der Waals surface area (Å²) in [5.41, 5.74) is 2.50. The molecule has 0 aliphatic rings. The Labute approximate surface area is 119 Å². The van der Waals surface area contributed by atoms with E-state index in [0.29, 0.717) is 5.56 Å². The van der Waals surface area contributed by atoms with Gasteiger partial charge in [0.25, 0.3) is 0 Å². The van der Waals surface area contributed by atoms with Crippen molar-refractivity contribution < 1.29 is 10.2 Å². The first-order valence-corrected chi connectivity index (χ1v) is 6.54. The Morgan fingerprint density at radius 1 is 0.950 bits per heavy atom. The summed E-state index contributed by atoms with van der Waals surface area (Å²) >= 11 is 0. The molecule has 1 atom stereocenters. The van der Waals surface area contributed by atoms with Gasteiger partial charge in [0.05, 0.1) is 23.0 Å². The van der Waals surface area contributed by atoms with Gasteiger partial charge in [-0.05, 0) is 31.2 Å². The summed E-state index contributed by atoms with van der Waals surface area (Å²) in [6, 6.07) is 12.5. The fourth-order valence-electron chi connectivity index (χ4n) is 2.28. The molecule has 0 saturated carbocycles. The number of phenols is 2. The number of phenolic OH excluding ortho intramolecular Hbond substituents is 2. The number of para-hydroxylation sites is 2. The van der Waals surface area contributed by atoms with Gasteiger partial charge in [-0.15, -0.1) is 0 Å². The van der Waals surface area contributed by atoms with E-state index < -0.39 is 0 Å². The van der Waals surface area contributed by atoms with Crippen LogP contribution in [-0.2, 0) is 0 Å². The zero-order valence-corrected chi connectivity index (χ0v) is 12.0. The number of hydrogen-bond acceptors (Lipinski definition) is 4. The molecule has 0 fully saturated rings. The molecule has 20 heavy (non-hydrogen) atoms. The quantitative estimate of drug-likeness (QED) is 0.799. The van der Waals surface area contributed by atoms with Crippen molar-refractivity contribution >= 4 is 11.4 Å². The van der Waals surface area contributed by atoms with Gasteiger partial charge in [0, 0.05) is 14.1 Å². The Morgan fingerprint density at radius 2 is 1.55 bits per heavy atom. The van der Waals surface area contributed by atoms with Crippen LogP contribution in [0.15, 0.2) is 42.5 Å². The lowest BCUT2D eigenvalue weighted by atomic mass is 10.1. The summed E-state index contributed by atoms with van der Waals surface area (Å²) in [5, 5.41) is 23.1. The highest BCUT2D eigenvalue weighted by molar-refractivity contribution is 5.70. The second-order valence-corrected chi connectivity index (χ2v) is 4.99. The number of rotatable bonds is 4. The predicted octanol–water partition coefficient (Wildman–Crippen LogP) is 3.34. The summed E-state index contributed by atoms with van der Waals surface area (Å²) in [4.78, 5) is 2.01. The minimum Gasteiger partial charge on any atom is -0.507 e. The lowest BCUT2D eigenvalue weighted by Gasteiger charge is -2.23. The van der Waals surface area contributed by atoms with E-state index >= 15 is 0 Å². The smallest absolute Gasteiger partial charge is 0.124 e. The van der Waals surface area contributed by atoms with E-state index in [9.17, 15) is 10.2 Å². The Hall–Kier alpha value is -2.36. The predicted molar refractivity (Wildman–Crippen MR) is 82.6 cm³/mol. The van der Waals surface area contributed by atoms with Crippen LogP contribution in [0, 0.1) is 0 Å². The van der Waals surface area contributed by atoms with Gasteiger partial charge in [0.15, 0.2) is 0 Å². The van der Waals surface area contributed by atoms with Crippen molar-refractivity contribution in [1.29, 1.82) is 0 Å². The van der Waals surface area contributed by atoms with Crippen LogP contribution in [0.1, 0.15) is 18.5 Å². The van der Waals surface area contributed by atoms with Crippen molar-refractivity contribution in [3.63, 3.8) is 0 Å². The molecule has 2 aromatic carbocycles. The second-order valence-electron chi connectivity index (χ2n) is 4.99. The topological polar surface area (TPSA) is 55.7 Å². The molecule has 0 amide bonds. The van der Waals surface area contributed by atoms with Crippen molar-refractivity contribution in [2.24, 2.45) is 0 Å². The van der Waals surface area contributed by atoms with Crippen LogP contribution in [0.25, 0.3) is 0 Å². The number of hydrogen-bond donors (Lipinski definition) is 3. The van der Waals surface area contributed by atoms with Crippen LogP contribution in [-0.4, -0.2) is 24.3 Å². The van der Waals surface area contributed by atoms with E-state index in [1.54, 1.807) is 18.2 Å². The fraction of sp³-hybridized carbons (Fsp3) is 0.250. The molecule has 2 rings (SSSR count). The van der Waals surface area contributed by atoms with Gasteiger partial charge >= 0.3 is 0 Å². The van der Waals surface area contributed by atoms with Gasteiger partial charge in [-0.3, -0.25) is 0 Å². The van der Waals surface area contributed by atoms with Crippen molar-refractivity contribution in [2.45, 2.75) is 13.0 Å². The van der Waals surface area contributed by atoms with Crippen LogP contribution in [0.3, 0.4) is 0 Å². The van der Waals surface area contributed by atoms with Crippen molar-refractivity contribution in [3.8, 4) is 11.5 Å². The van der Waals surface area contributed by atoms with Gasteiger partial charge < -0.3 is 20.4 Å². The molecule has 0 aliphatic heterocycles. The molecule has 2 aromatic rings. The summed E-state index contributed by atoms with van der Waals surface area (Å²) in [6.07, 6.45) is 0. The van der Waals surface area contributed by atoms with Gasteiger partial charge in [-0.25, -0.2) is 0 Å². The van der Waals surface area contributed by atoms with Crippen LogP contribution >= 0.6 is 0 Å². The molecule has 1 unspecified atom stereocenters. The maximum atomic E-state index is 9.91. The normalized spacial score (nSPS) is 11.9. The van der Waals surface area contributed by atoms with E-state index in [-0.39, 0.29) is 17.5 Å². The molecule has 0 aromatic heterocycles. The molecular formula is C16H20N2O2. The van der Waals surface area contributed by atoms with Crippen LogP contribution in [0.5, 0.6) is 11.5 Å². The van der Waals surface area contributed by atoms with Gasteiger partial charge in [0.2, 0.25) is 0 Å². The third-order valence-corrected chi connectivity index (χ3v) is 3.25. The van der Waals surface area contributed by atoms with Gasteiger partial charge in [0.1, 0.15) is 11.5 Å². The average Bonchev–Trinajstić information content (AvgIpc) is 2.38. The second kappa shape index (κ2) is 5.74. The van der Waals surface area contributed by atoms with E-state index in [0.717, 1.165) is 11.4 Å². The van der Waals surface area contributed by atoms with Crippen molar-refractivity contribution in [2.75, 3.05) is 24.3 Å². The lowest BCUT2D eigenvalue weighted by molar-refractivity contribution is 0.434. The first kappa shape index (κ1) is 14.1. The Balaban J connectivity index is 2.31. The SMILES string of the molecule is CC(Nc1ccccc1N(C)C)c1c(O)cccc1O. The van der Waals surface area contributed by atoms with Crippen LogP contribution in [0.4, 0.5) is 11.4 Å². The largest absolute Gasteiger partial charge is 0.507 e. The molecule has 3 N–H and O–H groups in total. The average molecular weight is 272 g/mol. The molecule has 106 valence electrons. The highest BCUT2D eigenvalue weighted by Crippen LogP contribution is 2.35. The third kappa shape index (κ3) is 2.79. The summed E-state index contributed by atoms with van der Waals surface area (Å²) in [5.74, 6) is 0.180.